The number of aliphatic hydroxyl groups is 1. The standard InChI is InChI=1S/C89H144O17P2/c1-5-9-13-17-21-25-29-33-36-39-41-44-47-51-54-58-62-66-70-74-87(92)99-79-84(105-88(93)75-71-67-63-59-55-49-32-28-24-20-16-12-8-4)81-103-107(95,96)101-77-83(90)78-102-108(97,98)104-82-85(80-100-86(91)73-69-65-61-57-53-50-46-43-38-35-31-27-23-19-15-11-7-3)106-89(94)76-72-68-64-60-56-52-48-45-42-40-37-34-30-26-22-18-14-10-6-2/h9,13,21-23,25-28,32-38,41-42,44-46,50-52,54,56-57,61,64,68,83-85,90H,5-8,10-12,14-20,24,29-31,39-40,43,47-49,53,55,58-60,62-63,65-67,69-82H2,1-4H3,(H,95,96)(H,97,98)/b13-9-,25-21-,26-22-,27-23-,32-28-,36-33-,37-34-,38-35-,44-41-,45-42-,50-46-,54-51-,56-52-,61-57-,68-64-/t83-,84-,85-/m1/s1. The third-order valence-electron chi connectivity index (χ3n) is 16.3. The quantitative estimate of drug-likeness (QED) is 0.0169. The highest BCUT2D eigenvalue weighted by Crippen LogP contribution is 2.45. The Kier molecular flexibility index (Phi) is 75.0. The van der Waals surface area contributed by atoms with Gasteiger partial charge in [-0.3, -0.25) is 37.3 Å². The number of allylic oxidation sites excluding steroid dienone is 30. The maximum Gasteiger partial charge on any atom is 0.472 e. The van der Waals surface area contributed by atoms with E-state index in [2.05, 4.69) is 180 Å². The molecule has 612 valence electrons. The van der Waals surface area contributed by atoms with Gasteiger partial charge in [0.2, 0.25) is 0 Å². The molecule has 3 N–H and O–H groups in total. The van der Waals surface area contributed by atoms with Crippen LogP contribution in [0.2, 0.25) is 0 Å². The first kappa shape index (κ1) is 102. The van der Waals surface area contributed by atoms with Crippen molar-refractivity contribution >= 4 is 39.5 Å². The van der Waals surface area contributed by atoms with Gasteiger partial charge in [0, 0.05) is 25.7 Å². The van der Waals surface area contributed by atoms with E-state index in [0.29, 0.717) is 38.5 Å². The van der Waals surface area contributed by atoms with Gasteiger partial charge in [-0.05, 0) is 173 Å². The van der Waals surface area contributed by atoms with Gasteiger partial charge in [0.15, 0.2) is 12.2 Å². The zero-order valence-electron chi connectivity index (χ0n) is 66.9. The predicted octanol–water partition coefficient (Wildman–Crippen LogP) is 24.3. The van der Waals surface area contributed by atoms with Gasteiger partial charge in [-0.2, -0.15) is 0 Å². The van der Waals surface area contributed by atoms with Crippen LogP contribution in [0.25, 0.3) is 0 Å². The van der Waals surface area contributed by atoms with Crippen molar-refractivity contribution in [1.82, 2.24) is 0 Å². The van der Waals surface area contributed by atoms with Gasteiger partial charge in [0.1, 0.15) is 19.3 Å². The highest BCUT2D eigenvalue weighted by atomic mass is 31.2. The van der Waals surface area contributed by atoms with E-state index in [0.717, 1.165) is 141 Å². The fraction of sp³-hybridized carbons (Fsp3) is 0.618. The molecule has 2 unspecified atom stereocenters. The molecule has 0 radical (unpaired) electrons. The molecule has 0 rings (SSSR count). The van der Waals surface area contributed by atoms with Crippen LogP contribution in [0, 0.1) is 0 Å². The number of aliphatic hydroxyl groups excluding tert-OH is 1. The Morgan fingerprint density at radius 1 is 0.269 bits per heavy atom. The third-order valence-corrected chi connectivity index (χ3v) is 18.2. The fourth-order valence-electron chi connectivity index (χ4n) is 10.1. The number of phosphoric ester groups is 2. The maximum atomic E-state index is 13.1. The highest BCUT2D eigenvalue weighted by molar-refractivity contribution is 7.47. The first-order chi connectivity index (χ1) is 52.7. The number of ether oxygens (including phenoxy) is 4. The van der Waals surface area contributed by atoms with Crippen molar-refractivity contribution < 1.29 is 80.2 Å². The van der Waals surface area contributed by atoms with Crippen molar-refractivity contribution in [3.63, 3.8) is 0 Å². The Balaban J connectivity index is 5.53. The summed E-state index contributed by atoms with van der Waals surface area (Å²) in [6.45, 7) is 4.48. The predicted molar refractivity (Wildman–Crippen MR) is 445 cm³/mol. The van der Waals surface area contributed by atoms with Gasteiger partial charge in [-0.25, -0.2) is 9.13 Å². The number of rotatable bonds is 75. The van der Waals surface area contributed by atoms with Gasteiger partial charge >= 0.3 is 39.5 Å². The van der Waals surface area contributed by atoms with Crippen LogP contribution in [0.15, 0.2) is 182 Å². The summed E-state index contributed by atoms with van der Waals surface area (Å²) in [5.74, 6) is -2.40. The zero-order chi connectivity index (χ0) is 78.9. The summed E-state index contributed by atoms with van der Waals surface area (Å²) >= 11 is 0. The normalized spacial score (nSPS) is 14.8. The molecule has 0 aromatic rings. The highest BCUT2D eigenvalue weighted by Gasteiger charge is 2.30. The van der Waals surface area contributed by atoms with Crippen molar-refractivity contribution in [3.05, 3.63) is 182 Å². The third kappa shape index (κ3) is 78.3. The molecule has 5 atom stereocenters. The van der Waals surface area contributed by atoms with E-state index in [9.17, 15) is 43.2 Å². The van der Waals surface area contributed by atoms with Crippen LogP contribution in [-0.4, -0.2) is 96.7 Å². The lowest BCUT2D eigenvalue weighted by Crippen LogP contribution is -2.30. The maximum absolute atomic E-state index is 13.1. The summed E-state index contributed by atoms with van der Waals surface area (Å²) < 4.78 is 68.5. The van der Waals surface area contributed by atoms with Crippen LogP contribution >= 0.6 is 15.6 Å². The van der Waals surface area contributed by atoms with Gasteiger partial charge in [0.05, 0.1) is 26.4 Å². The summed E-state index contributed by atoms with van der Waals surface area (Å²) in [6, 6.07) is 0. The lowest BCUT2D eigenvalue weighted by Gasteiger charge is -2.21. The molecule has 0 aliphatic carbocycles. The van der Waals surface area contributed by atoms with E-state index < -0.39 is 97.5 Å². The molecular formula is C89H144O17P2. The summed E-state index contributed by atoms with van der Waals surface area (Å²) in [6.07, 6.45) is 96.0. The number of carbonyl (C=O) groups is 4. The van der Waals surface area contributed by atoms with Gasteiger partial charge in [0.25, 0.3) is 0 Å². The monoisotopic (exact) mass is 1550 g/mol. The fourth-order valence-corrected chi connectivity index (χ4v) is 11.7. The Hall–Kier alpha value is -5.84. The van der Waals surface area contributed by atoms with Crippen LogP contribution in [-0.2, 0) is 65.4 Å². The van der Waals surface area contributed by atoms with E-state index >= 15 is 0 Å². The Morgan fingerprint density at radius 2 is 0.509 bits per heavy atom. The molecular weight excluding hydrogens is 1400 g/mol. The molecule has 108 heavy (non-hydrogen) atoms. The lowest BCUT2D eigenvalue weighted by atomic mass is 10.1. The molecule has 0 aliphatic rings. The summed E-state index contributed by atoms with van der Waals surface area (Å²) in [7, 11) is -10.0. The lowest BCUT2D eigenvalue weighted by molar-refractivity contribution is -0.161. The molecule has 17 nitrogen and oxygen atoms in total. The number of hydrogen-bond acceptors (Lipinski definition) is 15. The second-order valence-electron chi connectivity index (χ2n) is 26.6. The van der Waals surface area contributed by atoms with Crippen LogP contribution < -0.4 is 0 Å². The summed E-state index contributed by atoms with van der Waals surface area (Å²) in [4.78, 5) is 73.0. The Labute approximate surface area is 654 Å². The molecule has 0 saturated heterocycles. The molecule has 0 spiro atoms. The van der Waals surface area contributed by atoms with Crippen molar-refractivity contribution in [2.24, 2.45) is 0 Å². The second kappa shape index (κ2) is 79.3. The average molecular weight is 1550 g/mol. The van der Waals surface area contributed by atoms with Crippen molar-refractivity contribution in [2.75, 3.05) is 39.6 Å². The minimum atomic E-state index is -5.02. The number of carbonyl (C=O) groups excluding carboxylic acids is 4. The summed E-state index contributed by atoms with van der Waals surface area (Å²) in [5, 5.41) is 10.6. The molecule has 0 heterocycles. The largest absolute Gasteiger partial charge is 0.472 e. The van der Waals surface area contributed by atoms with Gasteiger partial charge < -0.3 is 33.8 Å². The minimum Gasteiger partial charge on any atom is -0.462 e. The molecule has 0 saturated carbocycles. The second-order valence-corrected chi connectivity index (χ2v) is 29.5. The van der Waals surface area contributed by atoms with E-state index in [-0.39, 0.29) is 25.7 Å². The number of unbranched alkanes of at least 4 members (excludes halogenated alkanes) is 19. The van der Waals surface area contributed by atoms with Crippen molar-refractivity contribution in [2.45, 2.75) is 316 Å². The van der Waals surface area contributed by atoms with Gasteiger partial charge in [-0.15, -0.1) is 0 Å². The van der Waals surface area contributed by atoms with E-state index in [1.807, 2.05) is 30.4 Å². The van der Waals surface area contributed by atoms with E-state index in [1.165, 1.54) is 64.2 Å². The molecule has 0 fully saturated rings. The van der Waals surface area contributed by atoms with Crippen LogP contribution in [0.1, 0.15) is 297 Å². The number of esters is 4. The van der Waals surface area contributed by atoms with Crippen LogP contribution in [0.3, 0.4) is 0 Å². The van der Waals surface area contributed by atoms with Crippen molar-refractivity contribution in [3.8, 4) is 0 Å². The SMILES string of the molecule is CC/C=C\C/C=C\C/C=C\C/C=C\C/C=C\CCCCCC(=O)OC[C@H](COP(=O)(O)OC[C@@H](O)COP(=O)(O)OC[C@@H](COC(=O)CCC/C=C\C/C=C\C/C=C\C/C=C\CCCCC)OC(=O)CC/C=C\C/C=C\C/C=C\C/C=C\C/C=C\CCCCC)OC(=O)CCCCCCC/C=C\CCCCCC. The molecule has 0 aliphatic heterocycles. The topological polar surface area (TPSA) is 237 Å². The van der Waals surface area contributed by atoms with E-state index in [4.69, 9.17) is 37.0 Å². The first-order valence-corrected chi connectivity index (χ1v) is 44.0. The Bertz CT molecular complexity index is 2760. The molecule has 0 aromatic heterocycles. The molecule has 0 aromatic carbocycles. The smallest absolute Gasteiger partial charge is 0.462 e. The van der Waals surface area contributed by atoms with Crippen LogP contribution in [0.5, 0.6) is 0 Å². The minimum absolute atomic E-state index is 0.0474. The number of hydrogen-bond donors (Lipinski definition) is 3. The Morgan fingerprint density at radius 3 is 0.870 bits per heavy atom. The van der Waals surface area contributed by atoms with Crippen molar-refractivity contribution in [1.29, 1.82) is 0 Å². The first-order valence-electron chi connectivity index (χ1n) is 41.0. The molecule has 19 heteroatoms. The van der Waals surface area contributed by atoms with Gasteiger partial charge in [-0.1, -0.05) is 281 Å². The van der Waals surface area contributed by atoms with Crippen LogP contribution in [0.4, 0.5) is 0 Å². The zero-order valence-corrected chi connectivity index (χ0v) is 68.7. The average Bonchev–Trinajstić information content (AvgIpc) is 0.913. The molecule has 0 bridgehead atoms. The summed E-state index contributed by atoms with van der Waals surface area (Å²) in [5.41, 5.74) is 0. The van der Waals surface area contributed by atoms with E-state index in [1.54, 1.807) is 0 Å². The molecule has 0 amide bonds. The number of phosphoric acid groups is 2.